The summed E-state index contributed by atoms with van der Waals surface area (Å²) < 4.78 is 16.2. The highest BCUT2D eigenvalue weighted by molar-refractivity contribution is 5.88. The van der Waals surface area contributed by atoms with E-state index in [1.165, 1.54) is 0 Å². The molecule has 2 aromatic heterocycles. The normalized spacial score (nSPS) is 10.9. The number of methoxy groups -OCH3 is 2. The number of nitrogens with zero attached hydrogens (tertiary/aromatic N) is 2. The van der Waals surface area contributed by atoms with Crippen molar-refractivity contribution in [2.75, 3.05) is 20.8 Å². The van der Waals surface area contributed by atoms with E-state index in [0.29, 0.717) is 23.7 Å². The standard InChI is InChI=1S/C23H21N3O4/c1-28-21-8-16-12-25-11-15(19(16)10-22(21)29-2)7-17-5-3-14-4-6-18(9-20(14)26-17)30-13-23(24)27/h3-6,8-12H,7,13H2,1-2H3,(H2,24,27). The molecule has 4 aromatic rings. The monoisotopic (exact) mass is 403 g/mol. The van der Waals surface area contributed by atoms with Crippen molar-refractivity contribution >= 4 is 27.6 Å². The molecule has 0 aliphatic rings. The first kappa shape index (κ1) is 19.4. The van der Waals surface area contributed by atoms with Crippen molar-refractivity contribution in [1.82, 2.24) is 9.97 Å². The van der Waals surface area contributed by atoms with Gasteiger partial charge in [0.2, 0.25) is 0 Å². The zero-order valence-electron chi connectivity index (χ0n) is 16.7. The van der Waals surface area contributed by atoms with Crippen LogP contribution in [0.3, 0.4) is 0 Å². The van der Waals surface area contributed by atoms with Gasteiger partial charge < -0.3 is 19.9 Å². The van der Waals surface area contributed by atoms with Crippen molar-refractivity contribution in [3.8, 4) is 17.2 Å². The Balaban J connectivity index is 1.69. The minimum absolute atomic E-state index is 0.168. The van der Waals surface area contributed by atoms with E-state index in [2.05, 4.69) is 4.98 Å². The predicted octanol–water partition coefficient (Wildman–Crippen LogP) is 3.26. The third-order valence-corrected chi connectivity index (χ3v) is 4.82. The first-order valence-electron chi connectivity index (χ1n) is 9.37. The zero-order chi connectivity index (χ0) is 21.1. The van der Waals surface area contributed by atoms with Gasteiger partial charge in [-0.3, -0.25) is 14.8 Å². The van der Waals surface area contributed by atoms with Crippen molar-refractivity contribution < 1.29 is 19.0 Å². The average molecular weight is 403 g/mol. The van der Waals surface area contributed by atoms with E-state index in [9.17, 15) is 4.79 Å². The average Bonchev–Trinajstić information content (AvgIpc) is 2.76. The molecule has 0 saturated heterocycles. The highest BCUT2D eigenvalue weighted by atomic mass is 16.5. The lowest BCUT2D eigenvalue weighted by molar-refractivity contribution is -0.119. The van der Waals surface area contributed by atoms with Gasteiger partial charge in [0.25, 0.3) is 5.91 Å². The third-order valence-electron chi connectivity index (χ3n) is 4.82. The molecule has 152 valence electrons. The van der Waals surface area contributed by atoms with Crippen LogP contribution in [-0.2, 0) is 11.2 Å². The summed E-state index contributed by atoms with van der Waals surface area (Å²) in [4.78, 5) is 20.1. The van der Waals surface area contributed by atoms with E-state index in [1.54, 1.807) is 32.5 Å². The van der Waals surface area contributed by atoms with E-state index in [-0.39, 0.29) is 6.61 Å². The molecule has 0 radical (unpaired) electrons. The molecule has 1 amide bonds. The second kappa shape index (κ2) is 8.24. The van der Waals surface area contributed by atoms with Crippen molar-refractivity contribution in [1.29, 1.82) is 0 Å². The molecule has 0 aliphatic heterocycles. The fourth-order valence-electron chi connectivity index (χ4n) is 3.37. The van der Waals surface area contributed by atoms with Gasteiger partial charge in [-0.1, -0.05) is 6.07 Å². The predicted molar refractivity (Wildman–Crippen MR) is 114 cm³/mol. The van der Waals surface area contributed by atoms with Crippen LogP contribution < -0.4 is 19.9 Å². The van der Waals surface area contributed by atoms with Crippen LogP contribution >= 0.6 is 0 Å². The molecule has 0 atom stereocenters. The second-order valence-electron chi connectivity index (χ2n) is 6.82. The van der Waals surface area contributed by atoms with Gasteiger partial charge in [0.05, 0.1) is 19.7 Å². The van der Waals surface area contributed by atoms with Gasteiger partial charge in [-0.25, -0.2) is 0 Å². The lowest BCUT2D eigenvalue weighted by atomic mass is 10.0. The smallest absolute Gasteiger partial charge is 0.255 e. The molecule has 2 heterocycles. The summed E-state index contributed by atoms with van der Waals surface area (Å²) in [5.74, 6) is 1.36. The molecule has 0 unspecified atom stereocenters. The van der Waals surface area contributed by atoms with E-state index in [0.717, 1.165) is 32.9 Å². The molecule has 0 aliphatic carbocycles. The first-order chi connectivity index (χ1) is 14.6. The maximum atomic E-state index is 10.9. The Morgan fingerprint density at radius 3 is 2.50 bits per heavy atom. The summed E-state index contributed by atoms with van der Waals surface area (Å²) in [5, 5.41) is 2.98. The molecule has 7 nitrogen and oxygen atoms in total. The molecule has 0 fully saturated rings. The van der Waals surface area contributed by atoms with E-state index < -0.39 is 5.91 Å². The zero-order valence-corrected chi connectivity index (χ0v) is 16.7. The Morgan fingerprint density at radius 2 is 1.73 bits per heavy atom. The summed E-state index contributed by atoms with van der Waals surface area (Å²) >= 11 is 0. The molecule has 2 N–H and O–H groups in total. The fraction of sp³-hybridized carbons (Fsp3) is 0.174. The van der Waals surface area contributed by atoms with Gasteiger partial charge in [-0.05, 0) is 41.3 Å². The number of aromatic nitrogens is 2. The Morgan fingerprint density at radius 1 is 0.967 bits per heavy atom. The second-order valence-corrected chi connectivity index (χ2v) is 6.82. The van der Waals surface area contributed by atoms with Gasteiger partial charge >= 0.3 is 0 Å². The minimum Gasteiger partial charge on any atom is -0.493 e. The molecule has 30 heavy (non-hydrogen) atoms. The Labute approximate surface area is 173 Å². The van der Waals surface area contributed by atoms with Crippen LogP contribution in [0.5, 0.6) is 17.2 Å². The topological polar surface area (TPSA) is 96.6 Å². The molecule has 7 heteroatoms. The highest BCUT2D eigenvalue weighted by Crippen LogP contribution is 2.33. The van der Waals surface area contributed by atoms with Crippen LogP contribution in [0.25, 0.3) is 21.7 Å². The number of ether oxygens (including phenoxy) is 3. The van der Waals surface area contributed by atoms with Gasteiger partial charge in [-0.2, -0.15) is 0 Å². The van der Waals surface area contributed by atoms with Crippen LogP contribution in [0.15, 0.2) is 54.9 Å². The van der Waals surface area contributed by atoms with E-state index in [1.807, 2.05) is 36.5 Å². The van der Waals surface area contributed by atoms with Crippen molar-refractivity contribution in [3.05, 3.63) is 66.1 Å². The largest absolute Gasteiger partial charge is 0.493 e. The lowest BCUT2D eigenvalue weighted by Gasteiger charge is -2.12. The van der Waals surface area contributed by atoms with Gasteiger partial charge in [0.1, 0.15) is 5.75 Å². The quantitative estimate of drug-likeness (QED) is 0.509. The maximum absolute atomic E-state index is 10.9. The van der Waals surface area contributed by atoms with Crippen LogP contribution in [0, 0.1) is 0 Å². The van der Waals surface area contributed by atoms with Crippen molar-refractivity contribution in [2.24, 2.45) is 5.73 Å². The molecule has 4 rings (SSSR count). The van der Waals surface area contributed by atoms with E-state index >= 15 is 0 Å². The lowest BCUT2D eigenvalue weighted by Crippen LogP contribution is -2.19. The molecule has 0 bridgehead atoms. The van der Waals surface area contributed by atoms with E-state index in [4.69, 9.17) is 24.9 Å². The summed E-state index contributed by atoms with van der Waals surface area (Å²) in [7, 11) is 3.23. The van der Waals surface area contributed by atoms with Crippen molar-refractivity contribution in [3.63, 3.8) is 0 Å². The van der Waals surface area contributed by atoms with Gasteiger partial charge in [0.15, 0.2) is 18.1 Å². The summed E-state index contributed by atoms with van der Waals surface area (Å²) in [5.41, 5.74) is 7.84. The highest BCUT2D eigenvalue weighted by Gasteiger charge is 2.11. The maximum Gasteiger partial charge on any atom is 0.255 e. The van der Waals surface area contributed by atoms with Gasteiger partial charge in [0, 0.05) is 41.3 Å². The number of nitrogens with two attached hydrogens (primary N) is 1. The molecule has 2 aromatic carbocycles. The van der Waals surface area contributed by atoms with Crippen LogP contribution in [0.1, 0.15) is 11.3 Å². The molecule has 0 spiro atoms. The number of primary amides is 1. The number of rotatable bonds is 7. The van der Waals surface area contributed by atoms with Crippen molar-refractivity contribution in [2.45, 2.75) is 6.42 Å². The van der Waals surface area contributed by atoms with Crippen LogP contribution in [0.2, 0.25) is 0 Å². The first-order valence-corrected chi connectivity index (χ1v) is 9.37. The summed E-state index contributed by atoms with van der Waals surface area (Å²) in [6, 6.07) is 13.4. The number of carbonyl (C=O) groups excluding carboxylic acids is 1. The molecular weight excluding hydrogens is 382 g/mol. The number of pyridine rings is 2. The number of amides is 1. The minimum atomic E-state index is -0.521. The Bertz CT molecular complexity index is 1240. The van der Waals surface area contributed by atoms with Crippen LogP contribution in [0.4, 0.5) is 0 Å². The fourth-order valence-corrected chi connectivity index (χ4v) is 3.37. The third kappa shape index (κ3) is 3.96. The SMILES string of the molecule is COc1cc2cncc(Cc3ccc4ccc(OCC(N)=O)cc4n3)c2cc1OC. The summed E-state index contributed by atoms with van der Waals surface area (Å²) in [6.45, 7) is -0.168. The molecular formula is C23H21N3O4. The van der Waals surface area contributed by atoms with Gasteiger partial charge in [-0.15, -0.1) is 0 Å². The Kier molecular flexibility index (Phi) is 5.34. The molecule has 0 saturated carbocycles. The number of hydrogen-bond acceptors (Lipinski definition) is 6. The summed E-state index contributed by atoms with van der Waals surface area (Å²) in [6.07, 6.45) is 4.24. The Hall–Kier alpha value is -3.87. The number of hydrogen-bond donors (Lipinski definition) is 1. The number of fused-ring (bicyclic) bond motifs is 2. The number of benzene rings is 2. The number of carbonyl (C=O) groups is 1. The van der Waals surface area contributed by atoms with Crippen LogP contribution in [-0.4, -0.2) is 36.7 Å².